The average Bonchev–Trinajstić information content (AvgIpc) is 2.32. The Bertz CT molecular complexity index is 469. The molecule has 3 nitrogen and oxygen atoms in total. The molecular weight excluding hydrogens is 200 g/mol. The summed E-state index contributed by atoms with van der Waals surface area (Å²) in [6.07, 6.45) is 3.55. The van der Waals surface area contributed by atoms with Crippen molar-refractivity contribution in [1.82, 2.24) is 4.98 Å². The molecule has 3 heteroatoms. The fourth-order valence-corrected chi connectivity index (χ4v) is 1.58. The summed E-state index contributed by atoms with van der Waals surface area (Å²) in [5.74, 6) is 0.140. The Labute approximate surface area is 94.6 Å². The lowest BCUT2D eigenvalue weighted by Gasteiger charge is -2.04. The van der Waals surface area contributed by atoms with Crippen LogP contribution in [0.5, 0.6) is 5.75 Å². The lowest BCUT2D eigenvalue weighted by molar-refractivity contribution is 0.478. The highest BCUT2D eigenvalue weighted by Crippen LogP contribution is 2.21. The van der Waals surface area contributed by atoms with Crippen molar-refractivity contribution in [3.63, 3.8) is 0 Å². The molecule has 1 aromatic heterocycles. The Balaban J connectivity index is 2.03. The number of nitrogens with two attached hydrogens (primary N) is 1. The third-order valence-corrected chi connectivity index (χ3v) is 2.49. The molecule has 1 heterocycles. The van der Waals surface area contributed by atoms with E-state index in [2.05, 4.69) is 4.98 Å². The first kappa shape index (κ1) is 10.5. The van der Waals surface area contributed by atoms with Crippen LogP contribution in [0.3, 0.4) is 0 Å². The van der Waals surface area contributed by atoms with Crippen LogP contribution in [0.15, 0.2) is 42.6 Å². The summed E-state index contributed by atoms with van der Waals surface area (Å²) in [5, 5.41) is 9.29. The molecule has 0 saturated heterocycles. The van der Waals surface area contributed by atoms with Crippen LogP contribution in [0.4, 0.5) is 5.69 Å². The van der Waals surface area contributed by atoms with Crippen LogP contribution in [0.25, 0.3) is 0 Å². The molecule has 0 saturated carbocycles. The van der Waals surface area contributed by atoms with Crippen molar-refractivity contribution in [2.75, 3.05) is 5.73 Å². The number of aryl methyl sites for hydroxylation is 2. The largest absolute Gasteiger partial charge is 0.506 e. The van der Waals surface area contributed by atoms with Crippen molar-refractivity contribution in [1.29, 1.82) is 0 Å². The van der Waals surface area contributed by atoms with Gasteiger partial charge >= 0.3 is 0 Å². The zero-order chi connectivity index (χ0) is 11.4. The number of rotatable bonds is 3. The topological polar surface area (TPSA) is 59.1 Å². The van der Waals surface area contributed by atoms with E-state index in [1.165, 1.54) is 0 Å². The normalized spacial score (nSPS) is 10.2. The molecular formula is C13H14N2O. The molecule has 0 bridgehead atoms. The van der Waals surface area contributed by atoms with Gasteiger partial charge in [-0.15, -0.1) is 0 Å². The summed E-state index contributed by atoms with van der Waals surface area (Å²) in [4.78, 5) is 4.25. The van der Waals surface area contributed by atoms with Crippen LogP contribution < -0.4 is 5.73 Å². The van der Waals surface area contributed by atoms with Crippen LogP contribution in [0, 0.1) is 0 Å². The molecule has 2 aromatic rings. The van der Waals surface area contributed by atoms with Gasteiger partial charge in [0.2, 0.25) is 0 Å². The Hall–Kier alpha value is -2.03. The minimum atomic E-state index is 0.140. The third kappa shape index (κ3) is 2.51. The zero-order valence-corrected chi connectivity index (χ0v) is 8.93. The van der Waals surface area contributed by atoms with E-state index in [9.17, 15) is 5.11 Å². The number of phenols is 1. The average molecular weight is 214 g/mol. The van der Waals surface area contributed by atoms with E-state index in [4.69, 9.17) is 5.73 Å². The van der Waals surface area contributed by atoms with Gasteiger partial charge in [-0.2, -0.15) is 0 Å². The number of hydrogen-bond donors (Lipinski definition) is 2. The summed E-state index contributed by atoms with van der Waals surface area (Å²) >= 11 is 0. The lowest BCUT2D eigenvalue weighted by atomic mass is 10.1. The molecule has 0 fully saturated rings. The second-order valence-electron chi connectivity index (χ2n) is 3.71. The minimum absolute atomic E-state index is 0.140. The molecule has 2 rings (SSSR count). The van der Waals surface area contributed by atoms with Gasteiger partial charge in [0.25, 0.3) is 0 Å². The number of nitrogens with zero attached hydrogens (tertiary/aromatic N) is 1. The summed E-state index contributed by atoms with van der Waals surface area (Å²) in [6.45, 7) is 0. The van der Waals surface area contributed by atoms with Crippen molar-refractivity contribution >= 4 is 5.69 Å². The third-order valence-electron chi connectivity index (χ3n) is 2.49. The number of hydrogen-bond acceptors (Lipinski definition) is 3. The molecule has 3 N–H and O–H groups in total. The first-order valence-electron chi connectivity index (χ1n) is 5.23. The number of anilines is 1. The van der Waals surface area contributed by atoms with Crippen molar-refractivity contribution in [2.24, 2.45) is 0 Å². The van der Waals surface area contributed by atoms with Crippen LogP contribution >= 0.6 is 0 Å². The van der Waals surface area contributed by atoms with Gasteiger partial charge in [0.15, 0.2) is 0 Å². The highest BCUT2D eigenvalue weighted by molar-refractivity contribution is 5.53. The molecule has 1 aromatic carbocycles. The van der Waals surface area contributed by atoms with Crippen LogP contribution in [-0.4, -0.2) is 10.1 Å². The molecule has 0 amide bonds. The predicted octanol–water partition coefficient (Wildman–Crippen LogP) is 2.15. The standard InChI is InChI=1S/C13H14N2O/c14-12-9-10(5-7-13(12)16)4-6-11-3-1-2-8-15-11/h1-3,5,7-9,16H,4,6,14H2. The molecule has 0 radical (unpaired) electrons. The van der Waals surface area contributed by atoms with Crippen LogP contribution in [-0.2, 0) is 12.8 Å². The lowest BCUT2D eigenvalue weighted by Crippen LogP contribution is -1.95. The molecule has 0 spiro atoms. The van der Waals surface area contributed by atoms with Gasteiger partial charge in [0, 0.05) is 11.9 Å². The highest BCUT2D eigenvalue weighted by atomic mass is 16.3. The molecule has 16 heavy (non-hydrogen) atoms. The van der Waals surface area contributed by atoms with Gasteiger partial charge in [0.05, 0.1) is 5.69 Å². The maximum atomic E-state index is 9.29. The maximum absolute atomic E-state index is 9.29. The van der Waals surface area contributed by atoms with Crippen molar-refractivity contribution in [3.05, 3.63) is 53.9 Å². The zero-order valence-electron chi connectivity index (χ0n) is 8.93. The summed E-state index contributed by atoms with van der Waals surface area (Å²) in [5.41, 5.74) is 8.23. The van der Waals surface area contributed by atoms with Crippen LogP contribution in [0.1, 0.15) is 11.3 Å². The quantitative estimate of drug-likeness (QED) is 0.608. The van der Waals surface area contributed by atoms with Gasteiger partial charge in [-0.3, -0.25) is 4.98 Å². The Morgan fingerprint density at radius 2 is 2.00 bits per heavy atom. The Morgan fingerprint density at radius 1 is 1.12 bits per heavy atom. The SMILES string of the molecule is Nc1cc(CCc2ccccn2)ccc1O. The van der Waals surface area contributed by atoms with E-state index in [1.54, 1.807) is 18.3 Å². The van der Waals surface area contributed by atoms with Gasteiger partial charge in [0.1, 0.15) is 5.75 Å². The summed E-state index contributed by atoms with van der Waals surface area (Å²) in [7, 11) is 0. The predicted molar refractivity (Wildman–Crippen MR) is 64.2 cm³/mol. The second kappa shape index (κ2) is 4.66. The van der Waals surface area contributed by atoms with Gasteiger partial charge in [-0.05, 0) is 42.7 Å². The van der Waals surface area contributed by atoms with Crippen molar-refractivity contribution in [3.8, 4) is 5.75 Å². The van der Waals surface area contributed by atoms with E-state index in [0.29, 0.717) is 5.69 Å². The maximum Gasteiger partial charge on any atom is 0.138 e. The fourth-order valence-electron chi connectivity index (χ4n) is 1.58. The highest BCUT2D eigenvalue weighted by Gasteiger charge is 2.00. The number of aromatic hydroxyl groups is 1. The Morgan fingerprint density at radius 3 is 2.69 bits per heavy atom. The van der Waals surface area contributed by atoms with Gasteiger partial charge in [-0.25, -0.2) is 0 Å². The van der Waals surface area contributed by atoms with Gasteiger partial charge < -0.3 is 10.8 Å². The molecule has 0 unspecified atom stereocenters. The molecule has 0 atom stereocenters. The number of pyridine rings is 1. The van der Waals surface area contributed by atoms with E-state index < -0.39 is 0 Å². The first-order chi connectivity index (χ1) is 7.75. The summed E-state index contributed by atoms with van der Waals surface area (Å²) in [6, 6.07) is 11.2. The fraction of sp³-hybridized carbons (Fsp3) is 0.154. The number of phenolic OH excluding ortho intramolecular Hbond substituents is 1. The minimum Gasteiger partial charge on any atom is -0.506 e. The number of benzene rings is 1. The van der Waals surface area contributed by atoms with Crippen molar-refractivity contribution in [2.45, 2.75) is 12.8 Å². The van der Waals surface area contributed by atoms with E-state index in [0.717, 1.165) is 24.1 Å². The second-order valence-corrected chi connectivity index (χ2v) is 3.71. The number of nitrogen functional groups attached to an aromatic ring is 1. The van der Waals surface area contributed by atoms with Gasteiger partial charge in [-0.1, -0.05) is 12.1 Å². The molecule has 82 valence electrons. The van der Waals surface area contributed by atoms with E-state index >= 15 is 0 Å². The molecule has 0 aliphatic carbocycles. The molecule has 0 aliphatic heterocycles. The smallest absolute Gasteiger partial charge is 0.138 e. The van der Waals surface area contributed by atoms with E-state index in [-0.39, 0.29) is 5.75 Å². The Kier molecular flexibility index (Phi) is 3.05. The summed E-state index contributed by atoms with van der Waals surface area (Å²) < 4.78 is 0. The monoisotopic (exact) mass is 214 g/mol. The molecule has 0 aliphatic rings. The van der Waals surface area contributed by atoms with Crippen LogP contribution in [0.2, 0.25) is 0 Å². The first-order valence-corrected chi connectivity index (χ1v) is 5.23. The number of aromatic nitrogens is 1. The van der Waals surface area contributed by atoms with E-state index in [1.807, 2.05) is 24.3 Å². The van der Waals surface area contributed by atoms with Crippen molar-refractivity contribution < 1.29 is 5.11 Å².